The molecule has 2 aromatic rings. The normalized spacial score (nSPS) is 9.75. The molecule has 0 atom stereocenters. The van der Waals surface area contributed by atoms with Crippen molar-refractivity contribution in [1.29, 1.82) is 0 Å². The largest absolute Gasteiger partial charge is 0.506 e. The molecule has 0 spiro atoms. The maximum atomic E-state index is 12.1. The van der Waals surface area contributed by atoms with Crippen LogP contribution in [0.15, 0.2) is 49.8 Å². The maximum Gasteiger partial charge on any atom is 0.259 e. The standard InChI is InChI=1S/C13H8Br3NO2.Na/c14-9-6-8(12(18)11(16)10(9)15)13(19)17-7-4-2-1-3-5-7;/h1-6,18H,(H,17,19);. The van der Waals surface area contributed by atoms with Crippen LogP contribution in [0.25, 0.3) is 0 Å². The molecule has 0 bridgehead atoms. The summed E-state index contributed by atoms with van der Waals surface area (Å²) < 4.78 is 1.76. The van der Waals surface area contributed by atoms with E-state index in [-0.39, 0.29) is 46.8 Å². The first-order chi connectivity index (χ1) is 9.00. The molecule has 2 N–H and O–H groups in total. The number of nitrogens with one attached hydrogen (secondary N) is 1. The average Bonchev–Trinajstić information content (AvgIpc) is 2.41. The quantitative estimate of drug-likeness (QED) is 0.497. The van der Waals surface area contributed by atoms with Gasteiger partial charge in [0.05, 0.1) is 10.0 Å². The molecule has 0 saturated carbocycles. The molecule has 7 heteroatoms. The van der Waals surface area contributed by atoms with Gasteiger partial charge in [-0.05, 0) is 66.0 Å². The molecule has 2 aromatic carbocycles. The summed E-state index contributed by atoms with van der Waals surface area (Å²) in [5, 5.41) is 12.7. The van der Waals surface area contributed by atoms with Crippen LogP contribution in [0.3, 0.4) is 0 Å². The van der Waals surface area contributed by atoms with Gasteiger partial charge in [0, 0.05) is 44.2 Å². The monoisotopic (exact) mass is 470 g/mol. The molecule has 99 valence electrons. The Hall–Kier alpha value is 0.150. The number of carbonyl (C=O) groups excluding carboxylic acids is 1. The summed E-state index contributed by atoms with van der Waals surface area (Å²) in [6.07, 6.45) is 0. The summed E-state index contributed by atoms with van der Waals surface area (Å²) in [5.74, 6) is -0.485. The van der Waals surface area contributed by atoms with Crippen molar-refractivity contribution < 1.29 is 9.90 Å². The van der Waals surface area contributed by atoms with E-state index in [0.29, 0.717) is 19.1 Å². The van der Waals surface area contributed by atoms with Crippen LogP contribution in [0.1, 0.15) is 10.4 Å². The minimum atomic E-state index is -0.377. The molecule has 0 aliphatic carbocycles. The number of phenolic OH excluding ortho intramolecular Hbond substituents is 1. The number of hydrogen-bond acceptors (Lipinski definition) is 2. The van der Waals surface area contributed by atoms with Crippen LogP contribution in [0.2, 0.25) is 0 Å². The van der Waals surface area contributed by atoms with Crippen LogP contribution in [-0.4, -0.2) is 40.6 Å². The fourth-order valence-electron chi connectivity index (χ4n) is 1.48. The molecule has 0 aromatic heterocycles. The SMILES string of the molecule is O=C(Nc1ccccc1)c1cc(Br)c(Br)c(Br)c1O.[Na]. The van der Waals surface area contributed by atoms with Gasteiger partial charge < -0.3 is 10.4 Å². The molecule has 0 aliphatic rings. The van der Waals surface area contributed by atoms with E-state index in [2.05, 4.69) is 53.1 Å². The van der Waals surface area contributed by atoms with Gasteiger partial charge >= 0.3 is 0 Å². The van der Waals surface area contributed by atoms with E-state index in [9.17, 15) is 9.90 Å². The van der Waals surface area contributed by atoms with Crippen molar-refractivity contribution in [1.82, 2.24) is 0 Å². The second kappa shape index (κ2) is 7.96. The number of phenols is 1. The molecule has 0 unspecified atom stereocenters. The second-order valence-corrected chi connectivity index (χ2v) is 6.14. The van der Waals surface area contributed by atoms with Crippen LogP contribution in [0, 0.1) is 0 Å². The van der Waals surface area contributed by atoms with Crippen LogP contribution in [0.4, 0.5) is 5.69 Å². The molecule has 0 saturated heterocycles. The summed E-state index contributed by atoms with van der Waals surface area (Å²) in [6, 6.07) is 10.6. The van der Waals surface area contributed by atoms with E-state index in [0.717, 1.165) is 0 Å². The minimum Gasteiger partial charge on any atom is -0.506 e. The van der Waals surface area contributed by atoms with Gasteiger partial charge in [0.1, 0.15) is 5.75 Å². The van der Waals surface area contributed by atoms with Crippen molar-refractivity contribution in [3.63, 3.8) is 0 Å². The fraction of sp³-hybridized carbons (Fsp3) is 0. The molecule has 0 heterocycles. The first-order valence-corrected chi connectivity index (χ1v) is 7.61. The third-order valence-corrected chi connectivity index (χ3v) is 5.70. The first-order valence-electron chi connectivity index (χ1n) is 5.23. The molecular formula is C13H8Br3NNaO2. The predicted octanol–water partition coefficient (Wildman–Crippen LogP) is 4.55. The summed E-state index contributed by atoms with van der Waals surface area (Å²) in [6.45, 7) is 0. The van der Waals surface area contributed by atoms with Gasteiger partial charge in [0.15, 0.2) is 0 Å². The Morgan fingerprint density at radius 3 is 2.25 bits per heavy atom. The van der Waals surface area contributed by atoms with Gasteiger partial charge in [-0.1, -0.05) is 18.2 Å². The van der Waals surface area contributed by atoms with Crippen molar-refractivity contribution in [2.24, 2.45) is 0 Å². The molecule has 1 amide bonds. The molecule has 3 nitrogen and oxygen atoms in total. The van der Waals surface area contributed by atoms with Crippen molar-refractivity contribution in [3.05, 3.63) is 55.4 Å². The zero-order chi connectivity index (χ0) is 14.0. The zero-order valence-corrected chi connectivity index (χ0v) is 17.2. The number of hydrogen-bond donors (Lipinski definition) is 2. The number of aromatic hydroxyl groups is 1. The molecule has 2 rings (SSSR count). The number of benzene rings is 2. The Labute approximate surface area is 163 Å². The average molecular weight is 473 g/mol. The Morgan fingerprint density at radius 1 is 1.05 bits per heavy atom. The summed E-state index contributed by atoms with van der Waals surface area (Å²) >= 11 is 9.84. The molecule has 1 radical (unpaired) electrons. The maximum absolute atomic E-state index is 12.1. The van der Waals surface area contributed by atoms with E-state index < -0.39 is 0 Å². The Kier molecular flexibility index (Phi) is 7.24. The minimum absolute atomic E-state index is 0. The van der Waals surface area contributed by atoms with E-state index in [4.69, 9.17) is 0 Å². The van der Waals surface area contributed by atoms with Crippen molar-refractivity contribution >= 4 is 88.9 Å². The Balaban J connectivity index is 0.00000200. The zero-order valence-electron chi connectivity index (χ0n) is 10.5. The fourth-order valence-corrected chi connectivity index (χ4v) is 2.90. The Morgan fingerprint density at radius 2 is 1.65 bits per heavy atom. The van der Waals surface area contributed by atoms with Gasteiger partial charge in [-0.2, -0.15) is 0 Å². The smallest absolute Gasteiger partial charge is 0.259 e. The van der Waals surface area contributed by atoms with Crippen LogP contribution in [-0.2, 0) is 0 Å². The summed E-state index contributed by atoms with van der Waals surface area (Å²) in [5.41, 5.74) is 0.855. The van der Waals surface area contributed by atoms with E-state index in [1.165, 1.54) is 0 Å². The van der Waals surface area contributed by atoms with Crippen molar-refractivity contribution in [3.8, 4) is 5.75 Å². The van der Waals surface area contributed by atoms with Crippen LogP contribution < -0.4 is 5.32 Å². The summed E-state index contributed by atoms with van der Waals surface area (Å²) in [4.78, 5) is 12.1. The molecular weight excluding hydrogens is 465 g/mol. The number of carbonyl (C=O) groups is 1. The first kappa shape index (κ1) is 18.2. The predicted molar refractivity (Wildman–Crippen MR) is 91.4 cm³/mol. The molecule has 0 fully saturated rings. The number of anilines is 1. The second-order valence-electron chi connectivity index (χ2n) is 3.70. The Bertz CT molecular complexity index is 635. The topological polar surface area (TPSA) is 49.3 Å². The van der Waals surface area contributed by atoms with Crippen LogP contribution in [0.5, 0.6) is 5.75 Å². The van der Waals surface area contributed by atoms with E-state index in [1.807, 2.05) is 18.2 Å². The van der Waals surface area contributed by atoms with Gasteiger partial charge in [0.2, 0.25) is 0 Å². The number of amides is 1. The number of halogens is 3. The third-order valence-electron chi connectivity index (χ3n) is 2.41. The van der Waals surface area contributed by atoms with E-state index >= 15 is 0 Å². The third kappa shape index (κ3) is 4.08. The number of para-hydroxylation sites is 1. The number of rotatable bonds is 2. The van der Waals surface area contributed by atoms with Gasteiger partial charge in [-0.25, -0.2) is 0 Å². The molecule has 20 heavy (non-hydrogen) atoms. The van der Waals surface area contributed by atoms with Gasteiger partial charge in [-0.3, -0.25) is 4.79 Å². The molecule has 0 aliphatic heterocycles. The van der Waals surface area contributed by atoms with Gasteiger partial charge in [-0.15, -0.1) is 0 Å². The van der Waals surface area contributed by atoms with E-state index in [1.54, 1.807) is 18.2 Å². The van der Waals surface area contributed by atoms with Crippen molar-refractivity contribution in [2.75, 3.05) is 5.32 Å². The summed E-state index contributed by atoms with van der Waals surface area (Å²) in [7, 11) is 0. The van der Waals surface area contributed by atoms with Crippen LogP contribution >= 0.6 is 47.8 Å². The van der Waals surface area contributed by atoms with Crippen molar-refractivity contribution in [2.45, 2.75) is 0 Å². The van der Waals surface area contributed by atoms with Gasteiger partial charge in [0.25, 0.3) is 5.91 Å².